The Morgan fingerprint density at radius 1 is 1.21 bits per heavy atom. The molecule has 2 aromatic heterocycles. The molecule has 8 heteroatoms. The molecule has 1 amide bonds. The number of nitrogens with zero attached hydrogens (tertiary/aromatic N) is 4. The normalized spacial score (nSPS) is 15.6. The Hall–Kier alpha value is -3.52. The number of aromatic nitrogens is 2. The van der Waals surface area contributed by atoms with Crippen molar-refractivity contribution in [3.05, 3.63) is 77.9 Å². The number of hydrogen-bond acceptors (Lipinski definition) is 6. The number of carbonyl (C=O) groups excluding carboxylic acids is 1. The Morgan fingerprint density at radius 3 is 2.85 bits per heavy atom. The van der Waals surface area contributed by atoms with Crippen LogP contribution in [-0.2, 0) is 11.3 Å². The number of halogens is 1. The molecule has 0 radical (unpaired) electrons. The second-order valence-electron chi connectivity index (χ2n) is 8.20. The van der Waals surface area contributed by atoms with E-state index in [4.69, 9.17) is 9.72 Å². The van der Waals surface area contributed by atoms with Crippen molar-refractivity contribution in [3.63, 3.8) is 0 Å². The maximum atomic E-state index is 13.1. The van der Waals surface area contributed by atoms with E-state index in [2.05, 4.69) is 10.3 Å². The van der Waals surface area contributed by atoms with Crippen molar-refractivity contribution >= 4 is 17.5 Å². The van der Waals surface area contributed by atoms with Gasteiger partial charge in [-0.1, -0.05) is 18.2 Å². The highest BCUT2D eigenvalue weighted by atomic mass is 19.1. The molecule has 1 fully saturated rings. The average molecular weight is 450 g/mol. The summed E-state index contributed by atoms with van der Waals surface area (Å²) in [5.74, 6) is 1.63. The summed E-state index contributed by atoms with van der Waals surface area (Å²) >= 11 is 0. The Balaban J connectivity index is 1.40. The summed E-state index contributed by atoms with van der Waals surface area (Å²) in [4.78, 5) is 25.8. The number of anilines is 2. The minimum Gasteiger partial charge on any atom is -0.497 e. The first-order valence-electron chi connectivity index (χ1n) is 11.0. The Labute approximate surface area is 193 Å². The summed E-state index contributed by atoms with van der Waals surface area (Å²) in [6.45, 7) is 1.70. The zero-order valence-electron chi connectivity index (χ0n) is 18.9. The van der Waals surface area contributed by atoms with Crippen LogP contribution in [0.25, 0.3) is 0 Å². The molecule has 1 atom stereocenters. The fourth-order valence-electron chi connectivity index (χ4n) is 4.12. The Morgan fingerprint density at radius 2 is 2.06 bits per heavy atom. The van der Waals surface area contributed by atoms with Gasteiger partial charge in [-0.25, -0.2) is 14.4 Å². The molecule has 1 aliphatic heterocycles. The number of rotatable bonds is 8. The van der Waals surface area contributed by atoms with E-state index < -0.39 is 5.82 Å². The molecule has 0 aliphatic carbocycles. The number of amides is 1. The number of methoxy groups -OCH3 is 1. The van der Waals surface area contributed by atoms with Crippen molar-refractivity contribution in [2.24, 2.45) is 0 Å². The minimum absolute atomic E-state index is 0.0642. The van der Waals surface area contributed by atoms with Crippen LogP contribution in [0, 0.1) is 5.82 Å². The predicted octanol–water partition coefficient (Wildman–Crippen LogP) is 4.16. The number of carbonyl (C=O) groups is 1. The average Bonchev–Trinajstić information content (AvgIpc) is 3.31. The number of benzene rings is 1. The first-order valence-corrected chi connectivity index (χ1v) is 11.0. The van der Waals surface area contributed by atoms with Crippen LogP contribution in [0.5, 0.6) is 5.75 Å². The monoisotopic (exact) mass is 449 g/mol. The Kier molecular flexibility index (Phi) is 7.14. The molecule has 0 saturated carbocycles. The number of ether oxygens (including phenoxy) is 1. The van der Waals surface area contributed by atoms with Gasteiger partial charge in [0.1, 0.15) is 23.2 Å². The lowest BCUT2D eigenvalue weighted by molar-refractivity contribution is -0.133. The van der Waals surface area contributed by atoms with Crippen LogP contribution in [0.3, 0.4) is 0 Å². The van der Waals surface area contributed by atoms with Crippen molar-refractivity contribution in [3.8, 4) is 5.75 Å². The Bertz CT molecular complexity index is 1090. The van der Waals surface area contributed by atoms with Crippen molar-refractivity contribution in [2.75, 3.05) is 32.6 Å². The van der Waals surface area contributed by atoms with Gasteiger partial charge in [-0.15, -0.1) is 0 Å². The fraction of sp³-hybridized carbons (Fsp3) is 0.320. The van der Waals surface area contributed by atoms with Crippen molar-refractivity contribution in [1.29, 1.82) is 0 Å². The van der Waals surface area contributed by atoms with Gasteiger partial charge in [0.05, 0.1) is 31.6 Å². The van der Waals surface area contributed by atoms with Crippen LogP contribution >= 0.6 is 0 Å². The summed E-state index contributed by atoms with van der Waals surface area (Å²) in [6.07, 6.45) is 2.97. The van der Waals surface area contributed by atoms with Gasteiger partial charge in [0, 0.05) is 13.1 Å². The number of nitrogens with one attached hydrogen (secondary N) is 1. The van der Waals surface area contributed by atoms with Crippen molar-refractivity contribution < 1.29 is 13.9 Å². The van der Waals surface area contributed by atoms with E-state index in [1.54, 1.807) is 13.2 Å². The molecule has 33 heavy (non-hydrogen) atoms. The lowest BCUT2D eigenvalue weighted by Crippen LogP contribution is -2.38. The molecular weight excluding hydrogens is 421 g/mol. The molecule has 1 saturated heterocycles. The minimum atomic E-state index is -0.390. The molecule has 3 heterocycles. The van der Waals surface area contributed by atoms with Crippen molar-refractivity contribution in [2.45, 2.75) is 25.4 Å². The smallest absolute Gasteiger partial charge is 0.237 e. The molecule has 1 aromatic carbocycles. The summed E-state index contributed by atoms with van der Waals surface area (Å²) in [6, 6.07) is 16.4. The molecule has 0 bridgehead atoms. The summed E-state index contributed by atoms with van der Waals surface area (Å²) in [7, 11) is 3.59. The fourth-order valence-corrected chi connectivity index (χ4v) is 4.12. The van der Waals surface area contributed by atoms with Gasteiger partial charge >= 0.3 is 0 Å². The third-order valence-corrected chi connectivity index (χ3v) is 5.66. The highest BCUT2D eigenvalue weighted by molar-refractivity contribution is 5.79. The number of hydrogen-bond donors (Lipinski definition) is 1. The van der Waals surface area contributed by atoms with Gasteiger partial charge in [0.15, 0.2) is 0 Å². The maximum absolute atomic E-state index is 13.1. The molecule has 0 spiro atoms. The SMILES string of the molecule is COc1cccc(CN(C)CC(=O)N2CCC[C@H]2c2cccc(Nc3ccc(F)cn3)n2)c1. The first kappa shape index (κ1) is 22.7. The van der Waals surface area contributed by atoms with E-state index in [-0.39, 0.29) is 11.9 Å². The van der Waals surface area contributed by atoms with Crippen LogP contribution in [0.4, 0.5) is 16.0 Å². The third kappa shape index (κ3) is 5.84. The quantitative estimate of drug-likeness (QED) is 0.557. The second-order valence-corrected chi connectivity index (χ2v) is 8.20. The highest BCUT2D eigenvalue weighted by Crippen LogP contribution is 2.32. The van der Waals surface area contributed by atoms with E-state index in [1.165, 1.54) is 6.07 Å². The molecule has 1 aliphatic rings. The van der Waals surface area contributed by atoms with Gasteiger partial charge in [0.25, 0.3) is 0 Å². The van der Waals surface area contributed by atoms with Gasteiger partial charge < -0.3 is 15.0 Å². The molecule has 1 N–H and O–H groups in total. The topological polar surface area (TPSA) is 70.6 Å². The maximum Gasteiger partial charge on any atom is 0.237 e. The summed E-state index contributed by atoms with van der Waals surface area (Å²) < 4.78 is 18.4. The van der Waals surface area contributed by atoms with Crippen LogP contribution in [0.2, 0.25) is 0 Å². The molecule has 4 rings (SSSR count). The molecule has 172 valence electrons. The second kappa shape index (κ2) is 10.4. The molecule has 7 nitrogen and oxygen atoms in total. The number of pyridine rings is 2. The third-order valence-electron chi connectivity index (χ3n) is 5.66. The van der Waals surface area contributed by atoms with Crippen LogP contribution < -0.4 is 10.1 Å². The van der Waals surface area contributed by atoms with Gasteiger partial charge in [-0.05, 0) is 61.9 Å². The predicted molar refractivity (Wildman–Crippen MR) is 125 cm³/mol. The molecular formula is C25H28FN5O2. The summed E-state index contributed by atoms with van der Waals surface area (Å²) in [5, 5.41) is 3.10. The van der Waals surface area contributed by atoms with Gasteiger partial charge in [-0.2, -0.15) is 0 Å². The largest absolute Gasteiger partial charge is 0.497 e. The molecule has 0 unspecified atom stereocenters. The highest BCUT2D eigenvalue weighted by Gasteiger charge is 2.31. The zero-order valence-corrected chi connectivity index (χ0v) is 18.9. The zero-order chi connectivity index (χ0) is 23.2. The molecule has 3 aromatic rings. The number of likely N-dealkylation sites (tertiary alicyclic amines) is 1. The van der Waals surface area contributed by atoms with Crippen molar-refractivity contribution in [1.82, 2.24) is 19.8 Å². The van der Waals surface area contributed by atoms with Gasteiger partial charge in [-0.3, -0.25) is 9.69 Å². The van der Waals surface area contributed by atoms with E-state index in [1.807, 2.05) is 59.3 Å². The first-order chi connectivity index (χ1) is 16.0. The lowest BCUT2D eigenvalue weighted by atomic mass is 10.1. The van der Waals surface area contributed by atoms with E-state index in [0.717, 1.165) is 42.6 Å². The number of likely N-dealkylation sites (N-methyl/N-ethyl adjacent to an activating group) is 1. The van der Waals surface area contributed by atoms with Crippen LogP contribution in [-0.4, -0.2) is 52.9 Å². The van der Waals surface area contributed by atoms with E-state index in [9.17, 15) is 9.18 Å². The lowest BCUT2D eigenvalue weighted by Gasteiger charge is -2.27. The van der Waals surface area contributed by atoms with Gasteiger partial charge in [0.2, 0.25) is 5.91 Å². The van der Waals surface area contributed by atoms with Crippen LogP contribution in [0.1, 0.15) is 30.1 Å². The van der Waals surface area contributed by atoms with E-state index >= 15 is 0 Å². The summed E-state index contributed by atoms with van der Waals surface area (Å²) in [5.41, 5.74) is 1.93. The standard InChI is InChI=1S/C25H28FN5O2/c1-30(16-18-6-3-7-20(14-18)33-2)17-25(32)31-13-5-9-22(31)21-8-4-10-24(28-21)29-23-12-11-19(26)15-27-23/h3-4,6-8,10-12,14-15,22H,5,9,13,16-17H2,1-2H3,(H,27,28,29)/t22-/m0/s1. The van der Waals surface area contributed by atoms with E-state index in [0.29, 0.717) is 24.7 Å². The van der Waals surface area contributed by atoms with Crippen LogP contribution in [0.15, 0.2) is 60.8 Å².